The highest BCUT2D eigenvalue weighted by Gasteiger charge is 2.47. The van der Waals surface area contributed by atoms with Gasteiger partial charge in [0.15, 0.2) is 0 Å². The molecular weight excluding hydrogens is 432 g/mol. The molecular formula is C27H25ClN4O. The number of hydrogen-bond acceptors (Lipinski definition) is 4. The van der Waals surface area contributed by atoms with Crippen molar-refractivity contribution in [3.05, 3.63) is 96.3 Å². The van der Waals surface area contributed by atoms with Crippen LogP contribution in [0.1, 0.15) is 22.0 Å². The molecule has 2 aromatic carbocycles. The first-order valence-corrected chi connectivity index (χ1v) is 11.2. The van der Waals surface area contributed by atoms with E-state index >= 15 is 0 Å². The number of halogens is 1. The quantitative estimate of drug-likeness (QED) is 0.483. The molecule has 2 saturated heterocycles. The Balaban J connectivity index is 0.00000228. The van der Waals surface area contributed by atoms with Gasteiger partial charge in [-0.05, 0) is 35.7 Å². The zero-order valence-electron chi connectivity index (χ0n) is 18.1. The molecule has 5 nitrogen and oxygen atoms in total. The van der Waals surface area contributed by atoms with Crippen LogP contribution in [0.4, 0.5) is 0 Å². The van der Waals surface area contributed by atoms with E-state index in [1.165, 1.54) is 5.56 Å². The largest absolute Gasteiger partial charge is 0.331 e. The smallest absolute Gasteiger partial charge is 0.255 e. The van der Waals surface area contributed by atoms with Gasteiger partial charge in [0.2, 0.25) is 0 Å². The Hall–Kier alpha value is -3.28. The van der Waals surface area contributed by atoms with Crippen LogP contribution in [-0.2, 0) is 0 Å². The van der Waals surface area contributed by atoms with E-state index in [0.29, 0.717) is 17.4 Å². The van der Waals surface area contributed by atoms with E-state index in [4.69, 9.17) is 4.98 Å². The summed E-state index contributed by atoms with van der Waals surface area (Å²) in [6, 6.07) is 24.3. The van der Waals surface area contributed by atoms with Crippen LogP contribution in [0.25, 0.3) is 22.2 Å². The average Bonchev–Trinajstić information content (AvgIpc) is 3.45. The van der Waals surface area contributed by atoms with E-state index in [1.807, 2.05) is 48.5 Å². The zero-order valence-corrected chi connectivity index (χ0v) is 18.9. The van der Waals surface area contributed by atoms with Crippen LogP contribution < -0.4 is 5.32 Å². The summed E-state index contributed by atoms with van der Waals surface area (Å²) in [6.07, 6.45) is 3.54. The van der Waals surface area contributed by atoms with Crippen molar-refractivity contribution in [3.8, 4) is 11.3 Å². The maximum Gasteiger partial charge on any atom is 0.255 e. The lowest BCUT2D eigenvalue weighted by atomic mass is 9.89. The van der Waals surface area contributed by atoms with Crippen LogP contribution in [0, 0.1) is 11.8 Å². The summed E-state index contributed by atoms with van der Waals surface area (Å²) >= 11 is 0. The predicted octanol–water partition coefficient (Wildman–Crippen LogP) is 4.75. The molecule has 4 heterocycles. The van der Waals surface area contributed by atoms with Crippen LogP contribution in [0.15, 0.2) is 85.2 Å². The number of fused-ring (bicyclic) bond motifs is 2. The highest BCUT2D eigenvalue weighted by molar-refractivity contribution is 6.07. The summed E-state index contributed by atoms with van der Waals surface area (Å²) in [5, 5.41) is 4.42. The number of carbonyl (C=O) groups excluding carboxylic acids is 1. The minimum absolute atomic E-state index is 0. The third kappa shape index (κ3) is 3.77. The number of nitrogens with zero attached hydrogens (tertiary/aromatic N) is 3. The minimum Gasteiger partial charge on any atom is -0.331 e. The van der Waals surface area contributed by atoms with Crippen molar-refractivity contribution >= 4 is 29.2 Å². The van der Waals surface area contributed by atoms with Crippen molar-refractivity contribution in [2.75, 3.05) is 19.6 Å². The molecule has 1 N–H and O–H groups in total. The number of carbonyl (C=O) groups is 1. The van der Waals surface area contributed by atoms with Crippen molar-refractivity contribution in [2.45, 2.75) is 6.04 Å². The number of benzene rings is 2. The van der Waals surface area contributed by atoms with Crippen molar-refractivity contribution in [1.82, 2.24) is 20.2 Å². The molecule has 2 aliphatic rings. The van der Waals surface area contributed by atoms with Crippen molar-refractivity contribution in [1.29, 1.82) is 0 Å². The van der Waals surface area contributed by atoms with Crippen LogP contribution in [0.2, 0.25) is 0 Å². The van der Waals surface area contributed by atoms with E-state index in [0.717, 1.165) is 41.8 Å². The fourth-order valence-corrected chi connectivity index (χ4v) is 5.38. The molecule has 0 saturated carbocycles. The number of para-hydroxylation sites is 1. The molecule has 2 fully saturated rings. The second-order valence-corrected chi connectivity index (χ2v) is 8.71. The minimum atomic E-state index is 0. The molecule has 0 radical (unpaired) electrons. The zero-order chi connectivity index (χ0) is 21.5. The van der Waals surface area contributed by atoms with E-state index in [1.54, 1.807) is 12.4 Å². The predicted molar refractivity (Wildman–Crippen MR) is 132 cm³/mol. The van der Waals surface area contributed by atoms with E-state index in [2.05, 4.69) is 39.5 Å². The summed E-state index contributed by atoms with van der Waals surface area (Å²) < 4.78 is 0. The Kier molecular flexibility index (Phi) is 5.83. The van der Waals surface area contributed by atoms with Gasteiger partial charge in [-0.3, -0.25) is 9.78 Å². The lowest BCUT2D eigenvalue weighted by molar-refractivity contribution is 0.0716. The molecule has 6 rings (SSSR count). The molecule has 2 aromatic heterocycles. The van der Waals surface area contributed by atoms with Gasteiger partial charge in [-0.2, -0.15) is 0 Å². The molecule has 0 unspecified atom stereocenters. The van der Waals surface area contributed by atoms with E-state index < -0.39 is 0 Å². The molecule has 0 aliphatic carbocycles. The van der Waals surface area contributed by atoms with Gasteiger partial charge in [-0.1, -0.05) is 48.5 Å². The maximum absolute atomic E-state index is 14.1. The fraction of sp³-hybridized carbons (Fsp3) is 0.222. The second-order valence-electron chi connectivity index (χ2n) is 8.71. The third-order valence-electron chi connectivity index (χ3n) is 6.87. The first-order chi connectivity index (χ1) is 15.8. The van der Waals surface area contributed by atoms with Gasteiger partial charge in [-0.25, -0.2) is 4.98 Å². The van der Waals surface area contributed by atoms with Crippen LogP contribution >= 0.6 is 12.4 Å². The van der Waals surface area contributed by atoms with Crippen LogP contribution in [0.5, 0.6) is 0 Å². The summed E-state index contributed by atoms with van der Waals surface area (Å²) in [4.78, 5) is 25.3. The molecule has 3 atom stereocenters. The van der Waals surface area contributed by atoms with Gasteiger partial charge >= 0.3 is 0 Å². The number of likely N-dealkylation sites (tertiary alicyclic amines) is 1. The Morgan fingerprint density at radius 3 is 2.61 bits per heavy atom. The Bertz CT molecular complexity index is 1280. The molecule has 0 bridgehead atoms. The van der Waals surface area contributed by atoms with Crippen LogP contribution in [-0.4, -0.2) is 40.4 Å². The molecule has 33 heavy (non-hydrogen) atoms. The highest BCUT2D eigenvalue weighted by Crippen LogP contribution is 2.43. The van der Waals surface area contributed by atoms with E-state index in [-0.39, 0.29) is 24.4 Å². The summed E-state index contributed by atoms with van der Waals surface area (Å²) in [6.45, 7) is 2.69. The normalized spacial score (nSPS) is 21.6. The topological polar surface area (TPSA) is 58.1 Å². The first kappa shape index (κ1) is 21.6. The molecule has 6 heteroatoms. The van der Waals surface area contributed by atoms with Crippen LogP contribution in [0.3, 0.4) is 0 Å². The van der Waals surface area contributed by atoms with Gasteiger partial charge in [-0.15, -0.1) is 12.4 Å². The van der Waals surface area contributed by atoms with Crippen molar-refractivity contribution in [3.63, 3.8) is 0 Å². The third-order valence-corrected chi connectivity index (χ3v) is 6.87. The summed E-state index contributed by atoms with van der Waals surface area (Å²) in [5.74, 6) is 0.999. The number of aromatic nitrogens is 2. The SMILES string of the molecule is Cl.O=C(c1cc(-c2cccnc2)nc2ccccc12)N1C[C@@H]2CNC[C@@H]2[C@@H]1c1ccccc1. The molecule has 1 amide bonds. The standard InChI is InChI=1S/C27H24N4O.ClH/c32-27(31-17-20-15-29-16-23(20)26(31)18-7-2-1-3-8-18)22-13-25(19-9-6-12-28-14-19)30-24-11-5-4-10-21(22)24;/h1-14,20,23,26,29H,15-17H2;1H/t20-,23-,26-;/m0./s1. The second kappa shape index (κ2) is 8.93. The van der Waals surface area contributed by atoms with Crippen molar-refractivity contribution in [2.24, 2.45) is 11.8 Å². The molecule has 2 aliphatic heterocycles. The van der Waals surface area contributed by atoms with Gasteiger partial charge in [0.05, 0.1) is 22.8 Å². The van der Waals surface area contributed by atoms with Crippen molar-refractivity contribution < 1.29 is 4.79 Å². The number of hydrogen-bond donors (Lipinski definition) is 1. The molecule has 4 aromatic rings. The Morgan fingerprint density at radius 2 is 1.79 bits per heavy atom. The summed E-state index contributed by atoms with van der Waals surface area (Å²) in [5.41, 5.74) is 4.44. The van der Waals surface area contributed by atoms with Gasteiger partial charge in [0.1, 0.15) is 0 Å². The Morgan fingerprint density at radius 1 is 0.970 bits per heavy atom. The Labute approximate surface area is 199 Å². The van der Waals surface area contributed by atoms with Gasteiger partial charge in [0.25, 0.3) is 5.91 Å². The molecule has 0 spiro atoms. The summed E-state index contributed by atoms with van der Waals surface area (Å²) in [7, 11) is 0. The van der Waals surface area contributed by atoms with E-state index in [9.17, 15) is 4.79 Å². The lowest BCUT2D eigenvalue weighted by Crippen LogP contribution is -2.34. The van der Waals surface area contributed by atoms with Gasteiger partial charge in [0, 0.05) is 48.9 Å². The average molecular weight is 457 g/mol. The number of rotatable bonds is 3. The number of nitrogens with one attached hydrogen (secondary N) is 1. The molecule has 166 valence electrons. The number of pyridine rings is 2. The number of amides is 1. The first-order valence-electron chi connectivity index (χ1n) is 11.2. The fourth-order valence-electron chi connectivity index (χ4n) is 5.38. The maximum atomic E-state index is 14.1. The monoisotopic (exact) mass is 456 g/mol. The lowest BCUT2D eigenvalue weighted by Gasteiger charge is -2.29. The highest BCUT2D eigenvalue weighted by atomic mass is 35.5. The van der Waals surface area contributed by atoms with Gasteiger partial charge < -0.3 is 10.2 Å².